The van der Waals surface area contributed by atoms with Crippen molar-refractivity contribution >= 4 is 17.2 Å². The van der Waals surface area contributed by atoms with Crippen molar-refractivity contribution in [1.29, 1.82) is 0 Å². The first kappa shape index (κ1) is 10.4. The standard InChI is InChI=1S/C10H8N4OS/c11-9(16)8-3-5-13-14-10(8)15-7-2-1-4-12-6-7/h1-6H,(H2,11,16). The highest BCUT2D eigenvalue weighted by Gasteiger charge is 2.08. The minimum atomic E-state index is 0.216. The molecule has 0 unspecified atom stereocenters. The quantitative estimate of drug-likeness (QED) is 0.804. The lowest BCUT2D eigenvalue weighted by Gasteiger charge is -2.06. The van der Waals surface area contributed by atoms with E-state index in [1.165, 1.54) is 6.20 Å². The van der Waals surface area contributed by atoms with Gasteiger partial charge in [0, 0.05) is 6.20 Å². The van der Waals surface area contributed by atoms with Crippen LogP contribution < -0.4 is 10.5 Å². The Kier molecular flexibility index (Phi) is 3.02. The third kappa shape index (κ3) is 2.29. The summed E-state index contributed by atoms with van der Waals surface area (Å²) in [5, 5.41) is 7.54. The molecule has 0 spiro atoms. The second kappa shape index (κ2) is 4.63. The van der Waals surface area contributed by atoms with E-state index in [1.807, 2.05) is 0 Å². The minimum Gasteiger partial charge on any atom is -0.435 e. The summed E-state index contributed by atoms with van der Waals surface area (Å²) in [5.41, 5.74) is 6.09. The molecule has 0 aromatic carbocycles. The van der Waals surface area contributed by atoms with E-state index in [0.29, 0.717) is 11.3 Å². The van der Waals surface area contributed by atoms with E-state index < -0.39 is 0 Å². The average Bonchev–Trinajstić information content (AvgIpc) is 2.31. The highest BCUT2D eigenvalue weighted by molar-refractivity contribution is 7.80. The molecule has 0 aliphatic rings. The van der Waals surface area contributed by atoms with Crippen molar-refractivity contribution in [2.24, 2.45) is 5.73 Å². The van der Waals surface area contributed by atoms with Crippen LogP contribution in [0.4, 0.5) is 0 Å². The molecule has 0 saturated carbocycles. The number of thiocarbonyl (C=S) groups is 1. The van der Waals surface area contributed by atoms with Crippen molar-refractivity contribution in [3.63, 3.8) is 0 Å². The van der Waals surface area contributed by atoms with Gasteiger partial charge in [0.05, 0.1) is 18.0 Å². The second-order valence-electron chi connectivity index (χ2n) is 2.91. The van der Waals surface area contributed by atoms with Crippen molar-refractivity contribution in [2.45, 2.75) is 0 Å². The molecule has 0 fully saturated rings. The maximum Gasteiger partial charge on any atom is 0.249 e. The van der Waals surface area contributed by atoms with Gasteiger partial charge < -0.3 is 10.5 Å². The smallest absolute Gasteiger partial charge is 0.249 e. The molecule has 2 aromatic rings. The summed E-state index contributed by atoms with van der Waals surface area (Å²) in [4.78, 5) is 4.13. The van der Waals surface area contributed by atoms with Crippen LogP contribution in [0.5, 0.6) is 11.6 Å². The summed E-state index contributed by atoms with van der Waals surface area (Å²) in [5.74, 6) is 0.837. The van der Waals surface area contributed by atoms with Gasteiger partial charge in [-0.3, -0.25) is 4.98 Å². The Morgan fingerprint density at radius 3 is 2.88 bits per heavy atom. The Morgan fingerprint density at radius 1 is 1.31 bits per heavy atom. The van der Waals surface area contributed by atoms with Gasteiger partial charge in [-0.05, 0) is 18.2 Å². The van der Waals surface area contributed by atoms with E-state index in [1.54, 1.807) is 30.6 Å². The number of hydrogen-bond acceptors (Lipinski definition) is 5. The van der Waals surface area contributed by atoms with E-state index in [-0.39, 0.29) is 10.9 Å². The van der Waals surface area contributed by atoms with Crippen LogP contribution in [0.3, 0.4) is 0 Å². The molecule has 0 aliphatic carbocycles. The van der Waals surface area contributed by atoms with E-state index in [4.69, 9.17) is 22.7 Å². The third-order valence-corrected chi connectivity index (χ3v) is 2.02. The van der Waals surface area contributed by atoms with Gasteiger partial charge in [0.2, 0.25) is 5.88 Å². The molecule has 0 amide bonds. The van der Waals surface area contributed by atoms with Gasteiger partial charge in [-0.1, -0.05) is 12.2 Å². The van der Waals surface area contributed by atoms with E-state index in [9.17, 15) is 0 Å². The molecule has 2 heterocycles. The molecule has 2 aromatic heterocycles. The maximum atomic E-state index is 5.54. The van der Waals surface area contributed by atoms with Gasteiger partial charge in [0.1, 0.15) is 10.7 Å². The lowest BCUT2D eigenvalue weighted by molar-refractivity contribution is 0.452. The molecule has 5 nitrogen and oxygen atoms in total. The largest absolute Gasteiger partial charge is 0.435 e. The van der Waals surface area contributed by atoms with Gasteiger partial charge in [0.15, 0.2) is 0 Å². The lowest BCUT2D eigenvalue weighted by atomic mass is 10.3. The molecule has 2 N–H and O–H groups in total. The summed E-state index contributed by atoms with van der Waals surface area (Å²) in [7, 11) is 0. The number of pyridine rings is 1. The monoisotopic (exact) mass is 232 g/mol. The lowest BCUT2D eigenvalue weighted by Crippen LogP contribution is -2.12. The molecular weight excluding hydrogens is 224 g/mol. The van der Waals surface area contributed by atoms with Crippen molar-refractivity contribution < 1.29 is 4.74 Å². The SMILES string of the molecule is NC(=S)c1ccnnc1Oc1cccnc1. The average molecular weight is 232 g/mol. The molecule has 0 atom stereocenters. The second-order valence-corrected chi connectivity index (χ2v) is 3.34. The predicted octanol–water partition coefficient (Wildman–Crippen LogP) is 1.30. The van der Waals surface area contributed by atoms with Gasteiger partial charge in [-0.25, -0.2) is 0 Å². The molecule has 80 valence electrons. The fourth-order valence-electron chi connectivity index (χ4n) is 1.10. The zero-order chi connectivity index (χ0) is 11.4. The summed E-state index contributed by atoms with van der Waals surface area (Å²) in [6.07, 6.45) is 4.72. The maximum absolute atomic E-state index is 5.54. The number of rotatable bonds is 3. The molecule has 0 radical (unpaired) electrons. The van der Waals surface area contributed by atoms with Crippen molar-refractivity contribution in [3.05, 3.63) is 42.4 Å². The van der Waals surface area contributed by atoms with Crippen molar-refractivity contribution in [1.82, 2.24) is 15.2 Å². The van der Waals surface area contributed by atoms with Crippen LogP contribution in [0.15, 0.2) is 36.8 Å². The van der Waals surface area contributed by atoms with Crippen molar-refractivity contribution in [2.75, 3.05) is 0 Å². The minimum absolute atomic E-state index is 0.216. The Balaban J connectivity index is 2.31. The van der Waals surface area contributed by atoms with Crippen LogP contribution in [0, 0.1) is 0 Å². The van der Waals surface area contributed by atoms with Crippen LogP contribution in [0.25, 0.3) is 0 Å². The van der Waals surface area contributed by atoms with Crippen LogP contribution in [0.1, 0.15) is 5.56 Å². The molecule has 0 aliphatic heterocycles. The van der Waals surface area contributed by atoms with E-state index in [0.717, 1.165) is 0 Å². The molecule has 6 heteroatoms. The van der Waals surface area contributed by atoms with Crippen LogP contribution in [-0.4, -0.2) is 20.2 Å². The first-order chi connectivity index (χ1) is 7.77. The van der Waals surface area contributed by atoms with Gasteiger partial charge in [-0.2, -0.15) is 5.10 Å². The van der Waals surface area contributed by atoms with E-state index in [2.05, 4.69) is 15.2 Å². The van der Waals surface area contributed by atoms with E-state index >= 15 is 0 Å². The fraction of sp³-hybridized carbons (Fsp3) is 0. The summed E-state index contributed by atoms with van der Waals surface area (Å²) < 4.78 is 5.47. The summed E-state index contributed by atoms with van der Waals surface area (Å²) in [6.45, 7) is 0. The number of nitrogens with zero attached hydrogens (tertiary/aromatic N) is 3. The molecule has 16 heavy (non-hydrogen) atoms. The molecular formula is C10H8N4OS. The zero-order valence-electron chi connectivity index (χ0n) is 8.20. The zero-order valence-corrected chi connectivity index (χ0v) is 9.02. The number of aromatic nitrogens is 3. The number of ether oxygens (including phenoxy) is 1. The van der Waals surface area contributed by atoms with Crippen molar-refractivity contribution in [3.8, 4) is 11.6 Å². The topological polar surface area (TPSA) is 73.9 Å². The summed E-state index contributed by atoms with van der Waals surface area (Å²) in [6, 6.07) is 5.16. The first-order valence-electron chi connectivity index (χ1n) is 4.47. The highest BCUT2D eigenvalue weighted by atomic mass is 32.1. The van der Waals surface area contributed by atoms with Crippen LogP contribution in [0.2, 0.25) is 0 Å². The first-order valence-corrected chi connectivity index (χ1v) is 4.87. The molecule has 0 bridgehead atoms. The number of nitrogens with two attached hydrogens (primary N) is 1. The fourth-order valence-corrected chi connectivity index (χ4v) is 1.26. The molecule has 0 saturated heterocycles. The normalized spacial score (nSPS) is 9.75. The van der Waals surface area contributed by atoms with Gasteiger partial charge >= 0.3 is 0 Å². The van der Waals surface area contributed by atoms with Gasteiger partial charge in [0.25, 0.3) is 0 Å². The van der Waals surface area contributed by atoms with Crippen LogP contribution in [-0.2, 0) is 0 Å². The van der Waals surface area contributed by atoms with Gasteiger partial charge in [-0.15, -0.1) is 5.10 Å². The summed E-state index contributed by atoms with van der Waals surface area (Å²) >= 11 is 4.88. The number of hydrogen-bond donors (Lipinski definition) is 1. The Bertz CT molecular complexity index is 503. The Hall–Kier alpha value is -2.08. The predicted molar refractivity (Wildman–Crippen MR) is 62.2 cm³/mol. The highest BCUT2D eigenvalue weighted by Crippen LogP contribution is 2.20. The third-order valence-electron chi connectivity index (χ3n) is 1.80. The van der Waals surface area contributed by atoms with Crippen LogP contribution >= 0.6 is 12.2 Å². The Labute approximate surface area is 97.3 Å². The Morgan fingerprint density at radius 2 is 2.19 bits per heavy atom. The molecule has 2 rings (SSSR count).